The predicted molar refractivity (Wildman–Crippen MR) is 125 cm³/mol. The predicted octanol–water partition coefficient (Wildman–Crippen LogP) is 3.14. The van der Waals surface area contributed by atoms with Gasteiger partial charge in [0.1, 0.15) is 0 Å². The van der Waals surface area contributed by atoms with E-state index in [4.69, 9.17) is 16.9 Å². The lowest BCUT2D eigenvalue weighted by Crippen LogP contribution is -2.30. The van der Waals surface area contributed by atoms with Crippen LogP contribution in [0.15, 0.2) is 78.9 Å². The summed E-state index contributed by atoms with van der Waals surface area (Å²) in [5, 5.41) is 24.6. The molecule has 3 aromatic rings. The van der Waals surface area contributed by atoms with Crippen molar-refractivity contribution in [2.45, 2.75) is 18.6 Å². The third-order valence-electron chi connectivity index (χ3n) is 4.94. The van der Waals surface area contributed by atoms with Gasteiger partial charge in [0.15, 0.2) is 6.23 Å². The van der Waals surface area contributed by atoms with E-state index in [1.54, 1.807) is 30.3 Å². The highest BCUT2D eigenvalue weighted by Crippen LogP contribution is 2.24. The Bertz CT molecular complexity index is 1020. The Morgan fingerprint density at radius 1 is 0.968 bits per heavy atom. The molecule has 31 heavy (non-hydrogen) atoms. The van der Waals surface area contributed by atoms with E-state index < -0.39 is 12.1 Å². The van der Waals surface area contributed by atoms with Crippen LogP contribution in [0.3, 0.4) is 0 Å². The second-order valence-corrected chi connectivity index (χ2v) is 7.16. The summed E-state index contributed by atoms with van der Waals surface area (Å²) in [5.41, 5.74) is 14.4. The molecular weight excluding hydrogens is 390 g/mol. The molecule has 0 saturated carbocycles. The van der Waals surface area contributed by atoms with E-state index in [0.29, 0.717) is 35.6 Å². The molecule has 1 amide bonds. The van der Waals surface area contributed by atoms with E-state index in [1.165, 1.54) is 0 Å². The Morgan fingerprint density at radius 2 is 1.61 bits per heavy atom. The van der Waals surface area contributed by atoms with Crippen LogP contribution in [-0.2, 0) is 4.79 Å². The zero-order chi connectivity index (χ0) is 22.2. The molecule has 0 bridgehead atoms. The highest BCUT2D eigenvalue weighted by Gasteiger charge is 2.21. The van der Waals surface area contributed by atoms with Gasteiger partial charge in [0.05, 0.1) is 11.6 Å². The summed E-state index contributed by atoms with van der Waals surface area (Å²) in [7, 11) is 0. The Labute approximate surface area is 181 Å². The molecule has 0 radical (unpaired) electrons. The van der Waals surface area contributed by atoms with E-state index in [-0.39, 0.29) is 11.6 Å². The summed E-state index contributed by atoms with van der Waals surface area (Å²) in [4.78, 5) is 12.9. The van der Waals surface area contributed by atoms with Crippen LogP contribution in [0.4, 0.5) is 17.1 Å². The standard InChI is InChI=1S/C24H27N5O2/c25-14-13-19(16-7-3-1-4-8-16)23(30)29-18-11-12-21(26)20(15-18)22(27)24(31)28-17-9-5-2-6-10-17/h1-12,15,19,24,27-28,31H,13-14,25-26H2,(H,29,30). The first-order valence-corrected chi connectivity index (χ1v) is 10.0. The van der Waals surface area contributed by atoms with Crippen molar-refractivity contribution < 1.29 is 9.90 Å². The van der Waals surface area contributed by atoms with Gasteiger partial charge >= 0.3 is 0 Å². The number of nitrogen functional groups attached to an aromatic ring is 1. The third kappa shape index (κ3) is 5.69. The molecule has 0 spiro atoms. The maximum Gasteiger partial charge on any atom is 0.231 e. The number of hydrogen-bond donors (Lipinski definition) is 6. The summed E-state index contributed by atoms with van der Waals surface area (Å²) in [5.74, 6) is -0.584. The summed E-state index contributed by atoms with van der Waals surface area (Å²) in [6.45, 7) is 0.377. The van der Waals surface area contributed by atoms with Crippen LogP contribution in [0.1, 0.15) is 23.5 Å². The summed E-state index contributed by atoms with van der Waals surface area (Å²) in [6.07, 6.45) is -0.752. The molecule has 7 heteroatoms. The van der Waals surface area contributed by atoms with Gasteiger partial charge in [-0.25, -0.2) is 0 Å². The number of rotatable bonds is 9. The molecule has 160 valence electrons. The fraction of sp³-hybridized carbons (Fsp3) is 0.167. The molecule has 8 N–H and O–H groups in total. The number of benzene rings is 3. The van der Waals surface area contributed by atoms with Crippen LogP contribution in [0.5, 0.6) is 0 Å². The van der Waals surface area contributed by atoms with Gasteiger partial charge in [0.25, 0.3) is 0 Å². The molecule has 2 unspecified atom stereocenters. The quantitative estimate of drug-likeness (QED) is 0.180. The number of amides is 1. The molecule has 0 heterocycles. The van der Waals surface area contributed by atoms with Gasteiger partial charge in [-0.3, -0.25) is 10.2 Å². The van der Waals surface area contributed by atoms with Crippen molar-refractivity contribution in [2.75, 3.05) is 22.9 Å². The number of carbonyl (C=O) groups excluding carboxylic acids is 1. The number of nitrogens with one attached hydrogen (secondary N) is 3. The van der Waals surface area contributed by atoms with Gasteiger partial charge in [-0.2, -0.15) is 0 Å². The van der Waals surface area contributed by atoms with Crippen molar-refractivity contribution in [3.8, 4) is 0 Å². The van der Waals surface area contributed by atoms with Crippen molar-refractivity contribution in [2.24, 2.45) is 5.73 Å². The van der Waals surface area contributed by atoms with Crippen LogP contribution in [0.25, 0.3) is 0 Å². The Hall–Kier alpha value is -3.68. The van der Waals surface area contributed by atoms with E-state index in [9.17, 15) is 9.90 Å². The number of carbonyl (C=O) groups is 1. The SMILES string of the molecule is N=C(c1cc(NC(=O)C(CCN)c2ccccc2)ccc1N)C(O)Nc1ccccc1. The largest absolute Gasteiger partial charge is 0.398 e. The number of anilines is 3. The molecule has 0 saturated heterocycles. The average molecular weight is 418 g/mol. The number of hydrogen-bond acceptors (Lipinski definition) is 6. The second-order valence-electron chi connectivity index (χ2n) is 7.16. The molecular formula is C24H27N5O2. The molecule has 7 nitrogen and oxygen atoms in total. The van der Waals surface area contributed by atoms with Crippen LogP contribution in [-0.4, -0.2) is 29.5 Å². The lowest BCUT2D eigenvalue weighted by molar-refractivity contribution is -0.117. The molecule has 2 atom stereocenters. The topological polar surface area (TPSA) is 137 Å². The number of aliphatic hydroxyl groups is 1. The molecule has 0 fully saturated rings. The van der Waals surface area contributed by atoms with Gasteiger partial charge in [0.2, 0.25) is 5.91 Å². The fourth-order valence-corrected chi connectivity index (χ4v) is 3.31. The second kappa shape index (κ2) is 10.4. The molecule has 0 aromatic heterocycles. The highest BCUT2D eigenvalue weighted by atomic mass is 16.3. The zero-order valence-corrected chi connectivity index (χ0v) is 17.1. The molecule has 0 aliphatic rings. The van der Waals surface area contributed by atoms with Gasteiger partial charge in [-0.1, -0.05) is 48.5 Å². The van der Waals surface area contributed by atoms with Crippen LogP contribution in [0, 0.1) is 5.41 Å². The first kappa shape index (κ1) is 22.0. The van der Waals surface area contributed by atoms with Crippen molar-refractivity contribution in [3.63, 3.8) is 0 Å². The molecule has 3 aromatic carbocycles. The number of para-hydroxylation sites is 1. The number of aliphatic hydroxyl groups excluding tert-OH is 1. The lowest BCUT2D eigenvalue weighted by Gasteiger charge is -2.19. The van der Waals surface area contributed by atoms with Crippen LogP contribution < -0.4 is 22.1 Å². The summed E-state index contributed by atoms with van der Waals surface area (Å²) < 4.78 is 0. The summed E-state index contributed by atoms with van der Waals surface area (Å²) in [6, 6.07) is 23.4. The molecule has 0 aliphatic heterocycles. The normalized spacial score (nSPS) is 12.6. The Morgan fingerprint density at radius 3 is 2.26 bits per heavy atom. The monoisotopic (exact) mass is 417 g/mol. The minimum atomic E-state index is -1.26. The number of nitrogens with two attached hydrogens (primary N) is 2. The van der Waals surface area contributed by atoms with Gasteiger partial charge in [0, 0.05) is 22.6 Å². The van der Waals surface area contributed by atoms with E-state index >= 15 is 0 Å². The van der Waals surface area contributed by atoms with Crippen molar-refractivity contribution in [1.82, 2.24) is 0 Å². The Kier molecular flexibility index (Phi) is 7.37. The van der Waals surface area contributed by atoms with Gasteiger partial charge in [-0.15, -0.1) is 0 Å². The van der Waals surface area contributed by atoms with E-state index in [0.717, 1.165) is 5.56 Å². The maximum atomic E-state index is 12.9. The zero-order valence-electron chi connectivity index (χ0n) is 17.1. The third-order valence-corrected chi connectivity index (χ3v) is 4.94. The first-order chi connectivity index (χ1) is 15.0. The first-order valence-electron chi connectivity index (χ1n) is 10.0. The van der Waals surface area contributed by atoms with E-state index in [1.807, 2.05) is 48.5 Å². The maximum absolute atomic E-state index is 12.9. The van der Waals surface area contributed by atoms with Gasteiger partial charge in [-0.05, 0) is 48.9 Å². The van der Waals surface area contributed by atoms with Gasteiger partial charge < -0.3 is 27.2 Å². The molecule has 3 rings (SSSR count). The smallest absolute Gasteiger partial charge is 0.231 e. The van der Waals surface area contributed by atoms with Crippen molar-refractivity contribution in [3.05, 3.63) is 90.0 Å². The minimum absolute atomic E-state index is 0.0981. The van der Waals surface area contributed by atoms with Crippen molar-refractivity contribution in [1.29, 1.82) is 5.41 Å². The minimum Gasteiger partial charge on any atom is -0.398 e. The highest BCUT2D eigenvalue weighted by molar-refractivity contribution is 6.07. The van der Waals surface area contributed by atoms with E-state index in [2.05, 4.69) is 10.6 Å². The fourth-order valence-electron chi connectivity index (χ4n) is 3.31. The lowest BCUT2D eigenvalue weighted by atomic mass is 9.94. The average Bonchev–Trinajstić information content (AvgIpc) is 2.79. The molecule has 0 aliphatic carbocycles. The summed E-state index contributed by atoms with van der Waals surface area (Å²) >= 11 is 0. The van der Waals surface area contributed by atoms with Crippen molar-refractivity contribution >= 4 is 28.7 Å². The van der Waals surface area contributed by atoms with Crippen LogP contribution in [0.2, 0.25) is 0 Å². The Balaban J connectivity index is 1.76. The van der Waals surface area contributed by atoms with Crippen LogP contribution >= 0.6 is 0 Å².